The molecule has 7 nitrogen and oxygen atoms in total. The van der Waals surface area contributed by atoms with Gasteiger partial charge in [-0.05, 0) is 30.5 Å². The van der Waals surface area contributed by atoms with Crippen LogP contribution in [0, 0.1) is 0 Å². The first kappa shape index (κ1) is 27.9. The zero-order chi connectivity index (χ0) is 23.6. The third-order valence-corrected chi connectivity index (χ3v) is 5.28. The molecule has 32 heavy (non-hydrogen) atoms. The van der Waals surface area contributed by atoms with Crippen LogP contribution in [0.1, 0.15) is 83.1 Å². The van der Waals surface area contributed by atoms with Gasteiger partial charge in [0.05, 0.1) is 0 Å². The standard InChI is InChI=1S/C25H41NO6/c1-2-3-4-5-6-7-8-9-10-11-12-24(29)31-18-22(28)19-32-25(30)23(26)17-20-13-15-21(27)16-14-20/h13-16,22-23,27-28H,2-12,17-19,26H2,1H3/t22?,23-/m0/s1. The van der Waals surface area contributed by atoms with Gasteiger partial charge in [0.15, 0.2) is 0 Å². The number of phenols is 1. The number of ether oxygens (including phenoxy) is 2. The second-order valence-electron chi connectivity index (χ2n) is 8.38. The van der Waals surface area contributed by atoms with Crippen LogP contribution in [0.25, 0.3) is 0 Å². The van der Waals surface area contributed by atoms with E-state index in [9.17, 15) is 19.8 Å². The monoisotopic (exact) mass is 451 g/mol. The zero-order valence-electron chi connectivity index (χ0n) is 19.5. The fourth-order valence-corrected chi connectivity index (χ4v) is 3.32. The van der Waals surface area contributed by atoms with Crippen LogP contribution >= 0.6 is 0 Å². The minimum absolute atomic E-state index is 0.135. The number of hydrogen-bond acceptors (Lipinski definition) is 7. The van der Waals surface area contributed by atoms with E-state index in [0.29, 0.717) is 6.42 Å². The Balaban J connectivity index is 2.03. The Morgan fingerprint density at radius 2 is 1.41 bits per heavy atom. The number of carbonyl (C=O) groups excluding carboxylic acids is 2. The molecule has 0 aliphatic rings. The molecular weight excluding hydrogens is 410 g/mol. The summed E-state index contributed by atoms with van der Waals surface area (Å²) in [5.74, 6) is -0.858. The topological polar surface area (TPSA) is 119 Å². The van der Waals surface area contributed by atoms with Gasteiger partial charge in [0, 0.05) is 6.42 Å². The molecule has 1 unspecified atom stereocenters. The summed E-state index contributed by atoms with van der Waals surface area (Å²) in [4.78, 5) is 23.7. The predicted octanol–water partition coefficient (Wildman–Crippen LogP) is 4.02. The number of aromatic hydroxyl groups is 1. The van der Waals surface area contributed by atoms with Crippen LogP contribution in [0.3, 0.4) is 0 Å². The molecule has 0 fully saturated rings. The smallest absolute Gasteiger partial charge is 0.323 e. The summed E-state index contributed by atoms with van der Waals surface area (Å²) in [5, 5.41) is 19.1. The normalized spacial score (nSPS) is 12.8. The average Bonchev–Trinajstić information content (AvgIpc) is 2.78. The van der Waals surface area contributed by atoms with Gasteiger partial charge >= 0.3 is 11.9 Å². The Labute approximate surface area is 192 Å². The van der Waals surface area contributed by atoms with Crippen LogP contribution in [0.5, 0.6) is 5.75 Å². The van der Waals surface area contributed by atoms with Crippen molar-refractivity contribution < 1.29 is 29.3 Å². The maximum absolute atomic E-state index is 12.0. The molecule has 0 amide bonds. The lowest BCUT2D eigenvalue weighted by atomic mass is 10.1. The molecule has 1 rings (SSSR count). The molecule has 0 aliphatic heterocycles. The number of unbranched alkanes of at least 4 members (excludes halogenated alkanes) is 9. The van der Waals surface area contributed by atoms with E-state index in [2.05, 4.69) is 6.92 Å². The highest BCUT2D eigenvalue weighted by Crippen LogP contribution is 2.12. The SMILES string of the molecule is CCCCCCCCCCCCC(=O)OCC(O)COC(=O)[C@@H](N)Cc1ccc(O)cc1. The first-order chi connectivity index (χ1) is 15.4. The van der Waals surface area contributed by atoms with Crippen LogP contribution in [-0.4, -0.2) is 47.5 Å². The van der Waals surface area contributed by atoms with Crippen molar-refractivity contribution in [1.29, 1.82) is 0 Å². The number of hydrogen-bond donors (Lipinski definition) is 3. The number of aliphatic hydroxyl groups is 1. The molecule has 1 aromatic rings. The van der Waals surface area contributed by atoms with E-state index in [1.165, 1.54) is 57.1 Å². The Hall–Kier alpha value is -2.12. The van der Waals surface area contributed by atoms with Crippen molar-refractivity contribution in [3.05, 3.63) is 29.8 Å². The molecule has 0 spiro atoms. The molecule has 2 atom stereocenters. The van der Waals surface area contributed by atoms with Crippen LogP contribution in [-0.2, 0) is 25.5 Å². The molecule has 0 aliphatic carbocycles. The van der Waals surface area contributed by atoms with Gasteiger partial charge in [-0.3, -0.25) is 9.59 Å². The summed E-state index contributed by atoms with van der Waals surface area (Å²) in [7, 11) is 0. The summed E-state index contributed by atoms with van der Waals surface area (Å²) < 4.78 is 10.1. The minimum atomic E-state index is -1.09. The second kappa shape index (κ2) is 17.4. The van der Waals surface area contributed by atoms with Crippen LogP contribution in [0.15, 0.2) is 24.3 Å². The minimum Gasteiger partial charge on any atom is -0.508 e. The number of aliphatic hydroxyl groups excluding tert-OH is 1. The molecule has 0 saturated carbocycles. The summed E-state index contributed by atoms with van der Waals surface area (Å²) in [5.41, 5.74) is 6.60. The summed E-state index contributed by atoms with van der Waals surface area (Å²) in [6, 6.07) is 5.49. The predicted molar refractivity (Wildman–Crippen MR) is 124 cm³/mol. The van der Waals surface area contributed by atoms with Crippen molar-refractivity contribution in [2.75, 3.05) is 13.2 Å². The Kier molecular flexibility index (Phi) is 15.2. The summed E-state index contributed by atoms with van der Waals surface area (Å²) >= 11 is 0. The fourth-order valence-electron chi connectivity index (χ4n) is 3.32. The Morgan fingerprint density at radius 1 is 0.875 bits per heavy atom. The number of esters is 2. The lowest BCUT2D eigenvalue weighted by Gasteiger charge is -2.15. The highest BCUT2D eigenvalue weighted by atomic mass is 16.6. The zero-order valence-corrected chi connectivity index (χ0v) is 19.5. The van der Waals surface area contributed by atoms with Gasteiger partial charge < -0.3 is 25.4 Å². The molecular formula is C25H41NO6. The van der Waals surface area contributed by atoms with E-state index in [1.54, 1.807) is 12.1 Å². The molecule has 0 saturated heterocycles. The number of phenolic OH excluding ortho intramolecular Hbond substituents is 1. The fraction of sp³-hybridized carbons (Fsp3) is 0.680. The highest BCUT2D eigenvalue weighted by molar-refractivity contribution is 5.76. The number of benzene rings is 1. The molecule has 0 bridgehead atoms. The van der Waals surface area contributed by atoms with Gasteiger partial charge in [-0.1, -0.05) is 76.8 Å². The Morgan fingerprint density at radius 3 is 2.00 bits per heavy atom. The van der Waals surface area contributed by atoms with Gasteiger partial charge in [-0.15, -0.1) is 0 Å². The van der Waals surface area contributed by atoms with Gasteiger partial charge in [0.1, 0.15) is 31.1 Å². The first-order valence-corrected chi connectivity index (χ1v) is 12.0. The van der Waals surface area contributed by atoms with Crippen molar-refractivity contribution in [2.45, 2.75) is 96.1 Å². The van der Waals surface area contributed by atoms with Gasteiger partial charge in [0.25, 0.3) is 0 Å². The van der Waals surface area contributed by atoms with Crippen molar-refractivity contribution >= 4 is 11.9 Å². The molecule has 0 heterocycles. The molecule has 7 heteroatoms. The quantitative estimate of drug-likeness (QED) is 0.228. The van der Waals surface area contributed by atoms with Gasteiger partial charge in [-0.2, -0.15) is 0 Å². The molecule has 0 aromatic heterocycles. The number of rotatable bonds is 18. The third-order valence-electron chi connectivity index (χ3n) is 5.28. The number of nitrogens with two attached hydrogens (primary N) is 1. The lowest BCUT2D eigenvalue weighted by molar-refractivity contribution is -0.153. The summed E-state index contributed by atoms with van der Waals surface area (Å²) in [6.07, 6.45) is 11.4. The van der Waals surface area contributed by atoms with E-state index in [-0.39, 0.29) is 31.4 Å². The van der Waals surface area contributed by atoms with E-state index in [1.807, 2.05) is 0 Å². The van der Waals surface area contributed by atoms with E-state index >= 15 is 0 Å². The van der Waals surface area contributed by atoms with Gasteiger partial charge in [0.2, 0.25) is 0 Å². The maximum atomic E-state index is 12.0. The first-order valence-electron chi connectivity index (χ1n) is 12.0. The van der Waals surface area contributed by atoms with E-state index in [0.717, 1.165) is 24.8 Å². The van der Waals surface area contributed by atoms with Crippen LogP contribution in [0.4, 0.5) is 0 Å². The van der Waals surface area contributed by atoms with Crippen molar-refractivity contribution in [1.82, 2.24) is 0 Å². The van der Waals surface area contributed by atoms with Gasteiger partial charge in [-0.25, -0.2) is 0 Å². The van der Waals surface area contributed by atoms with Crippen molar-refractivity contribution in [3.63, 3.8) is 0 Å². The maximum Gasteiger partial charge on any atom is 0.323 e. The highest BCUT2D eigenvalue weighted by Gasteiger charge is 2.18. The van der Waals surface area contributed by atoms with Crippen LogP contribution in [0.2, 0.25) is 0 Å². The molecule has 4 N–H and O–H groups in total. The number of carbonyl (C=O) groups is 2. The summed E-state index contributed by atoms with van der Waals surface area (Å²) in [6.45, 7) is 1.73. The van der Waals surface area contributed by atoms with Crippen molar-refractivity contribution in [2.24, 2.45) is 5.73 Å². The second-order valence-corrected chi connectivity index (χ2v) is 8.38. The van der Waals surface area contributed by atoms with E-state index < -0.39 is 18.1 Å². The third kappa shape index (κ3) is 14.0. The molecule has 0 radical (unpaired) electrons. The lowest BCUT2D eigenvalue weighted by Crippen LogP contribution is -2.36. The van der Waals surface area contributed by atoms with E-state index in [4.69, 9.17) is 15.2 Å². The molecule has 1 aromatic carbocycles. The van der Waals surface area contributed by atoms with Crippen molar-refractivity contribution in [3.8, 4) is 5.75 Å². The largest absolute Gasteiger partial charge is 0.508 e. The average molecular weight is 452 g/mol. The Bertz CT molecular complexity index is 634. The van der Waals surface area contributed by atoms with Crippen LogP contribution < -0.4 is 5.73 Å². The molecule has 182 valence electrons.